The number of nitrogens with one attached hydrogen (secondary N) is 2. The van der Waals surface area contributed by atoms with Gasteiger partial charge in [-0.05, 0) is 55.3 Å². The first kappa shape index (κ1) is 24.2. The first-order valence-corrected chi connectivity index (χ1v) is 12.1. The van der Waals surface area contributed by atoms with Crippen molar-refractivity contribution in [3.63, 3.8) is 0 Å². The molecule has 0 unspecified atom stereocenters. The van der Waals surface area contributed by atoms with Crippen LogP contribution < -0.4 is 19.7 Å². The van der Waals surface area contributed by atoms with E-state index in [4.69, 9.17) is 27.9 Å². The lowest BCUT2D eigenvalue weighted by molar-refractivity contribution is -0.118. The minimum atomic E-state index is -4.21. The molecule has 0 heterocycles. The molecule has 11 heteroatoms. The maximum atomic E-state index is 13.4. The fraction of sp³-hybridized carbons (Fsp3) is 0.333. The number of carbonyl (C=O) groups is 2. The minimum absolute atomic E-state index is 0.0143. The number of hydrogen-bond acceptors (Lipinski definition) is 5. The summed E-state index contributed by atoms with van der Waals surface area (Å²) in [4.78, 5) is 24.6. The molecule has 32 heavy (non-hydrogen) atoms. The Morgan fingerprint density at radius 1 is 1.06 bits per heavy atom. The summed E-state index contributed by atoms with van der Waals surface area (Å²) in [6, 6.07) is 9.36. The average Bonchev–Trinajstić information content (AvgIpc) is 3.26. The van der Waals surface area contributed by atoms with Crippen LogP contribution in [-0.2, 0) is 14.8 Å². The van der Waals surface area contributed by atoms with E-state index in [0.29, 0.717) is 5.75 Å². The summed E-state index contributed by atoms with van der Waals surface area (Å²) in [5.74, 6) is -0.263. The quantitative estimate of drug-likeness (QED) is 0.599. The minimum Gasteiger partial charge on any atom is -0.497 e. The van der Waals surface area contributed by atoms with Crippen LogP contribution in [0.3, 0.4) is 0 Å². The lowest BCUT2D eigenvalue weighted by Crippen LogP contribution is -2.48. The first-order valence-electron chi connectivity index (χ1n) is 9.93. The summed E-state index contributed by atoms with van der Waals surface area (Å²) in [6.07, 6.45) is 3.74. The highest BCUT2D eigenvalue weighted by molar-refractivity contribution is 7.92. The molecule has 2 N–H and O–H groups in total. The van der Waals surface area contributed by atoms with Crippen molar-refractivity contribution in [2.24, 2.45) is 0 Å². The van der Waals surface area contributed by atoms with Gasteiger partial charge in [-0.15, -0.1) is 0 Å². The molecule has 1 saturated carbocycles. The highest BCUT2D eigenvalue weighted by Gasteiger charge is 2.29. The van der Waals surface area contributed by atoms with Gasteiger partial charge in [0, 0.05) is 6.04 Å². The fourth-order valence-electron chi connectivity index (χ4n) is 3.42. The van der Waals surface area contributed by atoms with Crippen LogP contribution in [0, 0.1) is 0 Å². The van der Waals surface area contributed by atoms with E-state index in [0.717, 1.165) is 30.0 Å². The van der Waals surface area contributed by atoms with E-state index in [-0.39, 0.29) is 26.7 Å². The number of nitrogens with zero attached hydrogens (tertiary/aromatic N) is 1. The van der Waals surface area contributed by atoms with Crippen molar-refractivity contribution in [2.45, 2.75) is 36.6 Å². The Bertz CT molecular complexity index is 1090. The summed E-state index contributed by atoms with van der Waals surface area (Å²) in [6.45, 7) is -0.618. The second-order valence-corrected chi connectivity index (χ2v) is 9.97. The van der Waals surface area contributed by atoms with Gasteiger partial charge < -0.3 is 10.1 Å². The van der Waals surface area contributed by atoms with E-state index < -0.39 is 28.5 Å². The number of halogens is 2. The normalized spacial score (nSPS) is 14.1. The second kappa shape index (κ2) is 10.4. The van der Waals surface area contributed by atoms with Crippen LogP contribution in [-0.4, -0.2) is 40.1 Å². The summed E-state index contributed by atoms with van der Waals surface area (Å²) in [5.41, 5.74) is 0.211. The van der Waals surface area contributed by atoms with Crippen LogP contribution >= 0.6 is 23.2 Å². The molecule has 3 amide bonds. The molecular weight excluding hydrogens is 477 g/mol. The molecule has 2 aromatic rings. The smallest absolute Gasteiger partial charge is 0.321 e. The van der Waals surface area contributed by atoms with Gasteiger partial charge in [-0.25, -0.2) is 13.2 Å². The second-order valence-electron chi connectivity index (χ2n) is 7.29. The van der Waals surface area contributed by atoms with Crippen LogP contribution in [0.5, 0.6) is 5.75 Å². The maximum absolute atomic E-state index is 13.4. The zero-order valence-corrected chi connectivity index (χ0v) is 19.6. The van der Waals surface area contributed by atoms with Gasteiger partial charge in [0.15, 0.2) is 0 Å². The van der Waals surface area contributed by atoms with Gasteiger partial charge in [0.2, 0.25) is 5.91 Å². The molecule has 3 rings (SSSR count). The molecule has 1 aliphatic carbocycles. The Hall–Kier alpha value is -2.49. The number of ether oxygens (including phenoxy) is 1. The van der Waals surface area contributed by atoms with E-state index in [1.54, 1.807) is 12.1 Å². The third kappa shape index (κ3) is 5.85. The Morgan fingerprint density at radius 3 is 2.31 bits per heavy atom. The number of urea groups is 1. The highest BCUT2D eigenvalue weighted by Crippen LogP contribution is 2.29. The van der Waals surface area contributed by atoms with E-state index in [2.05, 4.69) is 10.6 Å². The van der Waals surface area contributed by atoms with Gasteiger partial charge in [0.1, 0.15) is 12.3 Å². The number of amides is 3. The molecule has 1 fully saturated rings. The number of anilines is 1. The molecule has 8 nitrogen and oxygen atoms in total. The van der Waals surface area contributed by atoms with Crippen molar-refractivity contribution in [3.05, 3.63) is 52.5 Å². The Balaban J connectivity index is 1.85. The van der Waals surface area contributed by atoms with Gasteiger partial charge in [-0.2, -0.15) is 0 Å². The number of methoxy groups -OCH3 is 1. The average molecular weight is 500 g/mol. The molecule has 0 aliphatic heterocycles. The predicted molar refractivity (Wildman–Crippen MR) is 123 cm³/mol. The van der Waals surface area contributed by atoms with Gasteiger partial charge >= 0.3 is 6.03 Å². The van der Waals surface area contributed by atoms with E-state index in [9.17, 15) is 18.0 Å². The Morgan fingerprint density at radius 2 is 1.72 bits per heavy atom. The monoisotopic (exact) mass is 499 g/mol. The molecule has 2 aromatic carbocycles. The predicted octanol–water partition coefficient (Wildman–Crippen LogP) is 3.97. The fourth-order valence-corrected chi connectivity index (χ4v) is 5.23. The number of hydrogen-bond donors (Lipinski definition) is 2. The molecule has 0 radical (unpaired) electrons. The van der Waals surface area contributed by atoms with Crippen molar-refractivity contribution < 1.29 is 22.7 Å². The number of carbonyl (C=O) groups excluding carboxylic acids is 2. The lowest BCUT2D eigenvalue weighted by atomic mass is 10.2. The SMILES string of the molecule is COc1ccc(N(CC(=O)NC(=O)NC2CCCC2)S(=O)(=O)c2ccc(Cl)c(Cl)c2)cc1. The molecule has 0 saturated heterocycles. The van der Waals surface area contributed by atoms with Crippen LogP contribution in [0.25, 0.3) is 0 Å². The Kier molecular flexibility index (Phi) is 7.86. The summed E-state index contributed by atoms with van der Waals surface area (Å²) in [5, 5.41) is 5.20. The van der Waals surface area contributed by atoms with Gasteiger partial charge in [0.05, 0.1) is 27.7 Å². The van der Waals surface area contributed by atoms with Crippen molar-refractivity contribution in [2.75, 3.05) is 18.0 Å². The largest absolute Gasteiger partial charge is 0.497 e. The third-order valence-corrected chi connectivity index (χ3v) is 7.58. The maximum Gasteiger partial charge on any atom is 0.321 e. The summed E-state index contributed by atoms with van der Waals surface area (Å²) >= 11 is 11.9. The Labute approximate surface area is 196 Å². The molecule has 0 atom stereocenters. The molecule has 172 valence electrons. The van der Waals surface area contributed by atoms with E-state index in [1.807, 2.05) is 0 Å². The number of benzene rings is 2. The lowest BCUT2D eigenvalue weighted by Gasteiger charge is -2.24. The van der Waals surface area contributed by atoms with Crippen molar-refractivity contribution >= 4 is 50.9 Å². The molecular formula is C21H23Cl2N3O5S. The van der Waals surface area contributed by atoms with Gasteiger partial charge in [0.25, 0.3) is 10.0 Å². The molecule has 1 aliphatic rings. The van der Waals surface area contributed by atoms with E-state index >= 15 is 0 Å². The van der Waals surface area contributed by atoms with E-state index in [1.165, 1.54) is 37.4 Å². The third-order valence-electron chi connectivity index (χ3n) is 5.07. The van der Waals surface area contributed by atoms with Crippen LogP contribution in [0.1, 0.15) is 25.7 Å². The molecule has 0 aromatic heterocycles. The zero-order chi connectivity index (χ0) is 23.3. The summed E-state index contributed by atoms with van der Waals surface area (Å²) in [7, 11) is -2.73. The van der Waals surface area contributed by atoms with Gasteiger partial charge in [-0.3, -0.25) is 14.4 Å². The number of sulfonamides is 1. The van der Waals surface area contributed by atoms with Crippen LogP contribution in [0.15, 0.2) is 47.4 Å². The zero-order valence-electron chi connectivity index (χ0n) is 17.3. The summed E-state index contributed by atoms with van der Waals surface area (Å²) < 4.78 is 32.7. The highest BCUT2D eigenvalue weighted by atomic mass is 35.5. The van der Waals surface area contributed by atoms with Crippen molar-refractivity contribution in [3.8, 4) is 5.75 Å². The topological polar surface area (TPSA) is 105 Å². The first-order chi connectivity index (χ1) is 15.2. The van der Waals surface area contributed by atoms with Crippen LogP contribution in [0.2, 0.25) is 10.0 Å². The van der Waals surface area contributed by atoms with Crippen molar-refractivity contribution in [1.82, 2.24) is 10.6 Å². The standard InChI is InChI=1S/C21H23Cl2N3O5S/c1-31-16-8-6-15(7-9-16)26(32(29,30)17-10-11-18(22)19(23)12-17)13-20(27)25-21(28)24-14-4-2-3-5-14/h6-12,14H,2-5,13H2,1H3,(H2,24,25,27,28). The van der Waals surface area contributed by atoms with Crippen LogP contribution in [0.4, 0.5) is 10.5 Å². The number of rotatable bonds is 7. The van der Waals surface area contributed by atoms with Crippen molar-refractivity contribution in [1.29, 1.82) is 0 Å². The number of imide groups is 1. The van der Waals surface area contributed by atoms with Gasteiger partial charge in [-0.1, -0.05) is 36.0 Å². The molecule has 0 spiro atoms. The molecule has 0 bridgehead atoms.